The number of hydrogen-bond donors (Lipinski definition) is 4. The summed E-state index contributed by atoms with van der Waals surface area (Å²) < 4.78 is 0. The highest BCUT2D eigenvalue weighted by Gasteiger charge is 2.20. The van der Waals surface area contributed by atoms with Crippen LogP contribution in [0, 0.1) is 10.1 Å². The van der Waals surface area contributed by atoms with Gasteiger partial charge in [-0.15, -0.1) is 0 Å². The van der Waals surface area contributed by atoms with Crippen LogP contribution in [0.5, 0.6) is 11.5 Å². The molecule has 0 spiro atoms. The number of amides is 1. The van der Waals surface area contributed by atoms with Gasteiger partial charge in [-0.2, -0.15) is 0 Å². The molecule has 0 aromatic heterocycles. The highest BCUT2D eigenvalue weighted by molar-refractivity contribution is 5.94. The average molecular weight is 372 g/mol. The van der Waals surface area contributed by atoms with E-state index in [-0.39, 0.29) is 23.6 Å². The van der Waals surface area contributed by atoms with E-state index in [0.717, 1.165) is 6.08 Å². The van der Waals surface area contributed by atoms with Crippen molar-refractivity contribution in [2.45, 2.75) is 12.5 Å². The van der Waals surface area contributed by atoms with Gasteiger partial charge in [0.25, 0.3) is 5.69 Å². The van der Waals surface area contributed by atoms with Gasteiger partial charge in [-0.05, 0) is 29.3 Å². The molecule has 140 valence electrons. The first kappa shape index (κ1) is 19.4. The molecule has 0 saturated carbocycles. The summed E-state index contributed by atoms with van der Waals surface area (Å²) in [7, 11) is 0. The van der Waals surface area contributed by atoms with Crippen LogP contribution in [0.1, 0.15) is 11.1 Å². The fourth-order valence-electron chi connectivity index (χ4n) is 2.23. The van der Waals surface area contributed by atoms with Gasteiger partial charge in [0.1, 0.15) is 6.04 Å². The van der Waals surface area contributed by atoms with Gasteiger partial charge in [0.05, 0.1) is 4.92 Å². The SMILES string of the molecule is O=C(/C=C/c1ccc(O)c(O)c1)NC(Cc1ccc([N+](=O)[O-])cc1)C(=O)O. The van der Waals surface area contributed by atoms with Crippen molar-refractivity contribution >= 4 is 23.6 Å². The lowest BCUT2D eigenvalue weighted by molar-refractivity contribution is -0.384. The minimum atomic E-state index is -1.25. The molecule has 27 heavy (non-hydrogen) atoms. The van der Waals surface area contributed by atoms with Gasteiger partial charge >= 0.3 is 5.97 Å². The molecule has 0 fully saturated rings. The molecule has 0 aliphatic rings. The van der Waals surface area contributed by atoms with Crippen LogP contribution < -0.4 is 5.32 Å². The van der Waals surface area contributed by atoms with Crippen molar-refractivity contribution in [3.8, 4) is 11.5 Å². The first-order valence-electron chi connectivity index (χ1n) is 7.73. The molecule has 2 aromatic carbocycles. The molecule has 9 nitrogen and oxygen atoms in total. The lowest BCUT2D eigenvalue weighted by Gasteiger charge is -2.13. The van der Waals surface area contributed by atoms with Crippen molar-refractivity contribution in [3.05, 3.63) is 69.8 Å². The van der Waals surface area contributed by atoms with E-state index in [1.807, 2.05) is 0 Å². The number of hydrogen-bond acceptors (Lipinski definition) is 6. The van der Waals surface area contributed by atoms with Gasteiger partial charge in [0.15, 0.2) is 11.5 Å². The number of rotatable bonds is 7. The maximum Gasteiger partial charge on any atom is 0.326 e. The number of carboxylic acids is 1. The summed E-state index contributed by atoms with van der Waals surface area (Å²) in [5.41, 5.74) is 0.832. The molecule has 9 heteroatoms. The van der Waals surface area contributed by atoms with Crippen LogP contribution in [-0.4, -0.2) is 38.2 Å². The molecule has 4 N–H and O–H groups in total. The number of carbonyl (C=O) groups is 2. The fourth-order valence-corrected chi connectivity index (χ4v) is 2.23. The van der Waals surface area contributed by atoms with E-state index in [2.05, 4.69) is 5.32 Å². The Kier molecular flexibility index (Phi) is 6.10. The Morgan fingerprint density at radius 2 is 1.78 bits per heavy atom. The molecule has 0 saturated heterocycles. The molecule has 2 aromatic rings. The Morgan fingerprint density at radius 3 is 2.33 bits per heavy atom. The monoisotopic (exact) mass is 372 g/mol. The Bertz CT molecular complexity index is 891. The van der Waals surface area contributed by atoms with Gasteiger partial charge in [0.2, 0.25) is 5.91 Å². The standard InChI is InChI=1S/C18H16N2O7/c21-15-7-3-12(10-16(15)22)4-8-17(23)19-14(18(24)25)9-11-1-5-13(6-2-11)20(26)27/h1-8,10,14,21-22H,9H2,(H,19,23)(H,24,25)/b8-4+. The third kappa shape index (κ3) is 5.56. The summed E-state index contributed by atoms with van der Waals surface area (Å²) in [6.45, 7) is 0. The Labute approximate surface area is 153 Å². The number of nitro benzene ring substituents is 1. The molecule has 1 amide bonds. The Morgan fingerprint density at radius 1 is 1.11 bits per heavy atom. The number of non-ortho nitro benzene ring substituents is 1. The molecular weight excluding hydrogens is 356 g/mol. The third-order valence-electron chi connectivity index (χ3n) is 3.63. The zero-order valence-electron chi connectivity index (χ0n) is 13.9. The van der Waals surface area contributed by atoms with E-state index in [9.17, 15) is 35.0 Å². The second kappa shape index (κ2) is 8.48. The van der Waals surface area contributed by atoms with E-state index < -0.39 is 22.8 Å². The lowest BCUT2D eigenvalue weighted by atomic mass is 10.1. The topological polar surface area (TPSA) is 150 Å². The minimum absolute atomic E-state index is 0.0487. The second-order valence-electron chi connectivity index (χ2n) is 5.61. The number of nitrogens with zero attached hydrogens (tertiary/aromatic N) is 1. The third-order valence-corrected chi connectivity index (χ3v) is 3.63. The molecule has 0 aliphatic carbocycles. The van der Waals surface area contributed by atoms with Crippen LogP contribution in [0.2, 0.25) is 0 Å². The zero-order valence-corrected chi connectivity index (χ0v) is 13.9. The quantitative estimate of drug-likeness (QED) is 0.250. The van der Waals surface area contributed by atoms with E-state index in [0.29, 0.717) is 11.1 Å². The van der Waals surface area contributed by atoms with Crippen molar-refractivity contribution in [3.63, 3.8) is 0 Å². The number of phenols is 2. The van der Waals surface area contributed by atoms with Crippen LogP contribution in [0.4, 0.5) is 5.69 Å². The number of benzene rings is 2. The number of carbonyl (C=O) groups excluding carboxylic acids is 1. The minimum Gasteiger partial charge on any atom is -0.504 e. The highest BCUT2D eigenvalue weighted by Crippen LogP contribution is 2.25. The Balaban J connectivity index is 2.03. The zero-order chi connectivity index (χ0) is 20.0. The number of nitro groups is 1. The van der Waals surface area contributed by atoms with Crippen LogP contribution in [0.25, 0.3) is 6.08 Å². The summed E-state index contributed by atoms with van der Waals surface area (Å²) in [5, 5.41) is 40.9. The molecule has 0 bridgehead atoms. The predicted molar refractivity (Wildman–Crippen MR) is 95.2 cm³/mol. The normalized spacial score (nSPS) is 11.9. The summed E-state index contributed by atoms with van der Waals surface area (Å²) in [6.07, 6.45) is 2.39. The van der Waals surface area contributed by atoms with Crippen LogP contribution in [0.15, 0.2) is 48.5 Å². The Hall–Kier alpha value is -3.88. The lowest BCUT2D eigenvalue weighted by Crippen LogP contribution is -2.41. The molecular formula is C18H16N2O7. The molecule has 0 radical (unpaired) electrons. The van der Waals surface area contributed by atoms with Gasteiger partial charge in [-0.3, -0.25) is 14.9 Å². The highest BCUT2D eigenvalue weighted by atomic mass is 16.6. The molecule has 1 atom stereocenters. The van der Waals surface area contributed by atoms with Crippen molar-refractivity contribution in [2.75, 3.05) is 0 Å². The molecule has 0 aliphatic heterocycles. The van der Waals surface area contributed by atoms with E-state index >= 15 is 0 Å². The predicted octanol–water partition coefficient (Wildman–Crippen LogP) is 1.83. The first-order chi connectivity index (χ1) is 12.8. The van der Waals surface area contributed by atoms with Crippen molar-refractivity contribution in [1.82, 2.24) is 5.32 Å². The fraction of sp³-hybridized carbons (Fsp3) is 0.111. The number of aliphatic carboxylic acids is 1. The van der Waals surface area contributed by atoms with Gasteiger partial charge in [-0.1, -0.05) is 18.2 Å². The number of aromatic hydroxyl groups is 2. The largest absolute Gasteiger partial charge is 0.504 e. The second-order valence-corrected chi connectivity index (χ2v) is 5.61. The van der Waals surface area contributed by atoms with Crippen LogP contribution >= 0.6 is 0 Å². The van der Waals surface area contributed by atoms with Crippen molar-refractivity contribution in [2.24, 2.45) is 0 Å². The summed E-state index contributed by atoms with van der Waals surface area (Å²) in [4.78, 5) is 33.4. The molecule has 2 rings (SSSR count). The van der Waals surface area contributed by atoms with Crippen LogP contribution in [-0.2, 0) is 16.0 Å². The summed E-state index contributed by atoms with van der Waals surface area (Å²) in [5.74, 6) is -2.57. The van der Waals surface area contributed by atoms with E-state index in [1.54, 1.807) is 0 Å². The van der Waals surface area contributed by atoms with Crippen LogP contribution in [0.3, 0.4) is 0 Å². The number of nitrogens with one attached hydrogen (secondary N) is 1. The number of phenolic OH excluding ortho intramolecular Hbond substituents is 2. The first-order valence-corrected chi connectivity index (χ1v) is 7.73. The van der Waals surface area contributed by atoms with Crippen molar-refractivity contribution in [1.29, 1.82) is 0 Å². The van der Waals surface area contributed by atoms with Gasteiger partial charge in [-0.25, -0.2) is 4.79 Å². The molecule has 0 heterocycles. The maximum absolute atomic E-state index is 12.0. The van der Waals surface area contributed by atoms with Gasteiger partial charge < -0.3 is 20.6 Å². The smallest absolute Gasteiger partial charge is 0.326 e. The molecule has 1 unspecified atom stereocenters. The number of carboxylic acid groups (broad SMARTS) is 1. The van der Waals surface area contributed by atoms with Gasteiger partial charge in [0, 0.05) is 24.6 Å². The maximum atomic E-state index is 12.0. The summed E-state index contributed by atoms with van der Waals surface area (Å²) in [6, 6.07) is 8.10. The van der Waals surface area contributed by atoms with E-state index in [1.165, 1.54) is 48.5 Å². The average Bonchev–Trinajstić information content (AvgIpc) is 2.62. The van der Waals surface area contributed by atoms with Crippen molar-refractivity contribution < 1.29 is 29.8 Å². The van der Waals surface area contributed by atoms with E-state index in [4.69, 9.17) is 0 Å². The summed E-state index contributed by atoms with van der Waals surface area (Å²) >= 11 is 0.